The second kappa shape index (κ2) is 10.1. The highest BCUT2D eigenvalue weighted by Gasteiger charge is 2.39. The number of ether oxygens (including phenoxy) is 2. The number of benzene rings is 2. The Balaban J connectivity index is 1.25. The molecule has 0 aromatic heterocycles. The molecule has 5 rings (SSSR count). The van der Waals surface area contributed by atoms with Crippen LogP contribution in [0.5, 0.6) is 5.75 Å². The molecule has 8 nitrogen and oxygen atoms in total. The summed E-state index contributed by atoms with van der Waals surface area (Å²) in [7, 11) is 1.77. The highest BCUT2D eigenvalue weighted by Crippen LogP contribution is 2.33. The van der Waals surface area contributed by atoms with E-state index in [9.17, 15) is 14.4 Å². The summed E-state index contributed by atoms with van der Waals surface area (Å²) in [5.41, 5.74) is 1.47. The van der Waals surface area contributed by atoms with Crippen LogP contribution in [-0.2, 0) is 9.53 Å². The van der Waals surface area contributed by atoms with Crippen molar-refractivity contribution < 1.29 is 23.9 Å². The smallest absolute Gasteiger partial charge is 0.257 e. The first kappa shape index (κ1) is 23.4. The van der Waals surface area contributed by atoms with E-state index in [-0.39, 0.29) is 42.6 Å². The second-order valence-corrected chi connectivity index (χ2v) is 9.65. The first-order valence-corrected chi connectivity index (χ1v) is 12.3. The van der Waals surface area contributed by atoms with Crippen molar-refractivity contribution >= 4 is 23.4 Å². The predicted molar refractivity (Wildman–Crippen MR) is 130 cm³/mol. The van der Waals surface area contributed by atoms with Gasteiger partial charge in [-0.05, 0) is 61.9 Å². The van der Waals surface area contributed by atoms with Crippen molar-refractivity contribution in [3.63, 3.8) is 0 Å². The fourth-order valence-electron chi connectivity index (χ4n) is 4.76. The number of hydrogen-bond donors (Lipinski definition) is 2. The highest BCUT2D eigenvalue weighted by atomic mass is 16.5. The number of nitrogens with zero attached hydrogens (tertiary/aromatic N) is 1. The number of carbonyl (C=O) groups excluding carboxylic acids is 3. The number of amides is 3. The van der Waals surface area contributed by atoms with Crippen LogP contribution in [0, 0.1) is 5.92 Å². The van der Waals surface area contributed by atoms with Gasteiger partial charge in [0.2, 0.25) is 5.91 Å². The van der Waals surface area contributed by atoms with E-state index in [2.05, 4.69) is 10.6 Å². The van der Waals surface area contributed by atoms with Gasteiger partial charge in [0.1, 0.15) is 18.5 Å². The molecule has 2 aliphatic heterocycles. The minimum absolute atomic E-state index is 0.0203. The van der Waals surface area contributed by atoms with E-state index in [4.69, 9.17) is 9.47 Å². The molecule has 35 heavy (non-hydrogen) atoms. The summed E-state index contributed by atoms with van der Waals surface area (Å²) in [6.07, 6.45) is 3.66. The summed E-state index contributed by atoms with van der Waals surface area (Å²) in [6.45, 7) is 1.04. The molecule has 3 atom stereocenters. The lowest BCUT2D eigenvalue weighted by molar-refractivity contribution is -0.134. The number of likely N-dealkylation sites (N-methyl/N-ethyl adjacent to an activating group) is 1. The molecule has 1 saturated heterocycles. The largest absolute Gasteiger partial charge is 0.490 e. The van der Waals surface area contributed by atoms with Gasteiger partial charge in [0.15, 0.2) is 0 Å². The summed E-state index contributed by atoms with van der Waals surface area (Å²) in [4.78, 5) is 39.9. The lowest BCUT2D eigenvalue weighted by Crippen LogP contribution is -2.54. The van der Waals surface area contributed by atoms with Crippen LogP contribution in [0.3, 0.4) is 0 Å². The van der Waals surface area contributed by atoms with Gasteiger partial charge in [0, 0.05) is 24.8 Å². The van der Waals surface area contributed by atoms with Crippen molar-refractivity contribution in [3.8, 4) is 5.75 Å². The molecular formula is C27H31N3O5. The maximum Gasteiger partial charge on any atom is 0.257 e. The molecule has 2 fully saturated rings. The molecule has 1 saturated carbocycles. The van der Waals surface area contributed by atoms with Crippen molar-refractivity contribution in [2.75, 3.05) is 25.5 Å². The summed E-state index contributed by atoms with van der Waals surface area (Å²) in [5, 5.41) is 5.85. The van der Waals surface area contributed by atoms with E-state index in [1.807, 2.05) is 6.07 Å². The molecule has 2 N–H and O–H groups in total. The van der Waals surface area contributed by atoms with Gasteiger partial charge in [-0.2, -0.15) is 0 Å². The summed E-state index contributed by atoms with van der Waals surface area (Å²) >= 11 is 0. The molecule has 0 unspecified atom stereocenters. The minimum Gasteiger partial charge on any atom is -0.490 e. The normalized spacial score (nSPS) is 23.7. The van der Waals surface area contributed by atoms with Crippen LogP contribution in [0.4, 0.5) is 5.69 Å². The van der Waals surface area contributed by atoms with Crippen LogP contribution in [-0.4, -0.2) is 61.1 Å². The average molecular weight is 478 g/mol. The van der Waals surface area contributed by atoms with E-state index >= 15 is 0 Å². The van der Waals surface area contributed by atoms with Crippen LogP contribution in [0.25, 0.3) is 0 Å². The monoisotopic (exact) mass is 477 g/mol. The second-order valence-electron chi connectivity index (χ2n) is 9.65. The van der Waals surface area contributed by atoms with E-state index in [0.717, 1.165) is 13.0 Å². The molecule has 2 aromatic rings. The lowest BCUT2D eigenvalue weighted by Gasteiger charge is -2.42. The molecular weight excluding hydrogens is 446 g/mol. The third-order valence-corrected chi connectivity index (χ3v) is 7.00. The standard InChI is InChI=1S/C27H31N3O5/c1-30-22-11-10-20(14-25(31)28-15-17-7-8-17)35-24(22)16-34-23-12-9-19(13-21(23)27(30)33)29-26(32)18-5-3-2-4-6-18/h2-6,9,12-13,17,20,22,24H,7-8,10-11,14-16H2,1H3,(H,28,31)(H,29,32)/t20-,22+,24-/m1/s1. The van der Waals surface area contributed by atoms with Gasteiger partial charge in [-0.1, -0.05) is 18.2 Å². The molecule has 0 radical (unpaired) electrons. The third kappa shape index (κ3) is 5.48. The molecule has 3 aliphatic rings. The SMILES string of the molecule is CN1C(=O)c2cc(NC(=O)c3ccccc3)ccc2OC[C@H]2O[C@@H](CC(=O)NCC3CC3)CC[C@@H]21. The topological polar surface area (TPSA) is 97.0 Å². The van der Waals surface area contributed by atoms with E-state index < -0.39 is 0 Å². The Morgan fingerprint density at radius 2 is 1.86 bits per heavy atom. The number of nitrogens with one attached hydrogen (secondary N) is 2. The third-order valence-electron chi connectivity index (χ3n) is 7.00. The minimum atomic E-state index is -0.315. The maximum absolute atomic E-state index is 13.4. The lowest BCUT2D eigenvalue weighted by atomic mass is 9.94. The Bertz CT molecular complexity index is 1100. The molecule has 2 aromatic carbocycles. The molecule has 8 heteroatoms. The molecule has 1 aliphatic carbocycles. The Morgan fingerprint density at radius 1 is 1.06 bits per heavy atom. The van der Waals surface area contributed by atoms with Crippen LogP contribution in [0.15, 0.2) is 48.5 Å². The average Bonchev–Trinajstić information content (AvgIpc) is 3.70. The van der Waals surface area contributed by atoms with E-state index in [1.165, 1.54) is 12.8 Å². The maximum atomic E-state index is 13.4. The Morgan fingerprint density at radius 3 is 2.63 bits per heavy atom. The van der Waals surface area contributed by atoms with Crippen molar-refractivity contribution in [2.24, 2.45) is 5.92 Å². The zero-order valence-electron chi connectivity index (χ0n) is 19.9. The summed E-state index contributed by atoms with van der Waals surface area (Å²) in [6, 6.07) is 13.9. The van der Waals surface area contributed by atoms with Gasteiger partial charge in [0.05, 0.1) is 24.1 Å². The van der Waals surface area contributed by atoms with Crippen LogP contribution in [0.2, 0.25) is 0 Å². The van der Waals surface area contributed by atoms with Gasteiger partial charge >= 0.3 is 0 Å². The molecule has 2 heterocycles. The molecule has 3 amide bonds. The quantitative estimate of drug-likeness (QED) is 0.666. The van der Waals surface area contributed by atoms with Crippen LogP contribution < -0.4 is 15.4 Å². The van der Waals surface area contributed by atoms with Crippen LogP contribution in [0.1, 0.15) is 52.8 Å². The number of fused-ring (bicyclic) bond motifs is 2. The first-order valence-electron chi connectivity index (χ1n) is 12.3. The van der Waals surface area contributed by atoms with Gasteiger partial charge in [-0.25, -0.2) is 0 Å². The molecule has 0 bridgehead atoms. The van der Waals surface area contributed by atoms with E-state index in [0.29, 0.717) is 41.3 Å². The molecule has 0 spiro atoms. The zero-order valence-corrected chi connectivity index (χ0v) is 19.9. The van der Waals surface area contributed by atoms with Gasteiger partial charge < -0.3 is 25.0 Å². The zero-order chi connectivity index (χ0) is 24.4. The van der Waals surface area contributed by atoms with Gasteiger partial charge in [0.25, 0.3) is 11.8 Å². The number of carbonyl (C=O) groups is 3. The Kier molecular flexibility index (Phi) is 6.72. The number of anilines is 1. The van der Waals surface area contributed by atoms with Gasteiger partial charge in [-0.15, -0.1) is 0 Å². The Labute approximate surface area is 205 Å². The van der Waals surface area contributed by atoms with Crippen molar-refractivity contribution in [1.29, 1.82) is 0 Å². The van der Waals surface area contributed by atoms with Crippen molar-refractivity contribution in [2.45, 2.75) is 50.4 Å². The number of hydrogen-bond acceptors (Lipinski definition) is 5. The van der Waals surface area contributed by atoms with Crippen LogP contribution >= 0.6 is 0 Å². The Hall–Kier alpha value is -3.39. The van der Waals surface area contributed by atoms with Crippen molar-refractivity contribution in [1.82, 2.24) is 10.2 Å². The summed E-state index contributed by atoms with van der Waals surface area (Å²) < 4.78 is 12.3. The highest BCUT2D eigenvalue weighted by molar-refractivity contribution is 6.05. The predicted octanol–water partition coefficient (Wildman–Crippen LogP) is 3.24. The van der Waals surface area contributed by atoms with Gasteiger partial charge in [-0.3, -0.25) is 14.4 Å². The van der Waals surface area contributed by atoms with Crippen molar-refractivity contribution in [3.05, 3.63) is 59.7 Å². The van der Waals surface area contributed by atoms with E-state index in [1.54, 1.807) is 54.4 Å². The fraction of sp³-hybridized carbons (Fsp3) is 0.444. The molecule has 184 valence electrons. The number of rotatable bonds is 6. The first-order chi connectivity index (χ1) is 17.0. The summed E-state index contributed by atoms with van der Waals surface area (Å²) in [5.74, 6) is 0.681. The fourth-order valence-corrected chi connectivity index (χ4v) is 4.76.